The summed E-state index contributed by atoms with van der Waals surface area (Å²) in [4.78, 5) is 32.6. The zero-order valence-corrected chi connectivity index (χ0v) is 15.0. The molecule has 2 aromatic carbocycles. The van der Waals surface area contributed by atoms with Crippen molar-refractivity contribution >= 4 is 34.4 Å². The maximum absolute atomic E-state index is 12.7. The van der Waals surface area contributed by atoms with Gasteiger partial charge in [-0.2, -0.15) is 4.99 Å². The summed E-state index contributed by atoms with van der Waals surface area (Å²) in [6.45, 7) is 3.36. The molecule has 27 heavy (non-hydrogen) atoms. The number of benzene rings is 2. The molecule has 0 saturated heterocycles. The van der Waals surface area contributed by atoms with Gasteiger partial charge in [-0.1, -0.05) is 30.3 Å². The van der Waals surface area contributed by atoms with Crippen molar-refractivity contribution in [2.45, 2.75) is 13.8 Å². The molecular formula is C20H19N5O2. The van der Waals surface area contributed by atoms with E-state index in [-0.39, 0.29) is 17.4 Å². The van der Waals surface area contributed by atoms with Gasteiger partial charge in [0.2, 0.25) is 5.91 Å². The van der Waals surface area contributed by atoms with Gasteiger partial charge in [-0.15, -0.1) is 0 Å². The van der Waals surface area contributed by atoms with Crippen LogP contribution in [0.15, 0.2) is 53.5 Å². The highest BCUT2D eigenvalue weighted by Gasteiger charge is 2.18. The zero-order valence-electron chi connectivity index (χ0n) is 15.0. The monoisotopic (exact) mass is 361 g/mol. The lowest BCUT2D eigenvalue weighted by molar-refractivity contribution is -0.114. The summed E-state index contributed by atoms with van der Waals surface area (Å²) >= 11 is 0. The molecule has 3 aromatic rings. The molecule has 0 aliphatic heterocycles. The number of nitrogens with zero attached hydrogens (tertiary/aromatic N) is 2. The normalized spacial score (nSPS) is 10.4. The number of fused-ring (bicyclic) bond motifs is 1. The van der Waals surface area contributed by atoms with Crippen LogP contribution in [0.4, 0.5) is 5.69 Å². The van der Waals surface area contributed by atoms with E-state index in [1.54, 1.807) is 24.3 Å². The summed E-state index contributed by atoms with van der Waals surface area (Å²) in [5, 5.41) is 3.21. The van der Waals surface area contributed by atoms with E-state index in [9.17, 15) is 9.59 Å². The van der Waals surface area contributed by atoms with E-state index in [0.717, 1.165) is 11.1 Å². The molecule has 7 heteroatoms. The number of guanidine groups is 1. The molecule has 7 nitrogen and oxygen atoms in total. The van der Waals surface area contributed by atoms with Crippen molar-refractivity contribution in [1.29, 1.82) is 0 Å². The van der Waals surface area contributed by atoms with Gasteiger partial charge < -0.3 is 16.8 Å². The Morgan fingerprint density at radius 3 is 2.48 bits per heavy atom. The van der Waals surface area contributed by atoms with Gasteiger partial charge >= 0.3 is 0 Å². The number of amides is 2. The van der Waals surface area contributed by atoms with Gasteiger partial charge in [-0.05, 0) is 30.7 Å². The van der Waals surface area contributed by atoms with Crippen LogP contribution in [-0.2, 0) is 4.79 Å². The van der Waals surface area contributed by atoms with E-state index in [1.807, 2.05) is 31.2 Å². The molecule has 0 saturated carbocycles. The standard InChI is InChI=1S/C20H19N5O2/c1-11-6-3-4-7-13(11)17-10-14(19(27)25-20(21)22)18-15(23-12(2)26)8-5-9-16(18)24-17/h3-10H,1-2H3,(H,23,26)(H4,21,22,25,27). The first-order valence-corrected chi connectivity index (χ1v) is 8.28. The van der Waals surface area contributed by atoms with Gasteiger partial charge in [-0.25, -0.2) is 4.98 Å². The molecule has 0 radical (unpaired) electrons. The van der Waals surface area contributed by atoms with Gasteiger partial charge in [-0.3, -0.25) is 9.59 Å². The van der Waals surface area contributed by atoms with Crippen LogP contribution >= 0.6 is 0 Å². The van der Waals surface area contributed by atoms with Gasteiger partial charge in [0.15, 0.2) is 5.96 Å². The van der Waals surface area contributed by atoms with Gasteiger partial charge in [0, 0.05) is 17.9 Å². The largest absolute Gasteiger partial charge is 0.370 e. The molecule has 5 N–H and O–H groups in total. The molecule has 3 rings (SSSR count). The van der Waals surface area contributed by atoms with Crippen molar-refractivity contribution in [2.75, 3.05) is 5.32 Å². The molecule has 0 unspecified atom stereocenters. The number of pyridine rings is 1. The molecular weight excluding hydrogens is 342 g/mol. The molecule has 0 bridgehead atoms. The third kappa shape index (κ3) is 3.77. The number of carbonyl (C=O) groups is 2. The fourth-order valence-corrected chi connectivity index (χ4v) is 2.93. The number of aromatic nitrogens is 1. The van der Waals surface area contributed by atoms with Crippen molar-refractivity contribution in [3.05, 3.63) is 59.7 Å². The van der Waals surface area contributed by atoms with E-state index >= 15 is 0 Å². The molecule has 136 valence electrons. The number of aryl methyl sites for hydroxylation is 1. The SMILES string of the molecule is CC(=O)Nc1cccc2nc(-c3ccccc3C)cc(C(=O)N=C(N)N)c12. The minimum absolute atomic E-state index is 0.259. The molecule has 0 aliphatic rings. The summed E-state index contributed by atoms with van der Waals surface area (Å²) in [6.07, 6.45) is 0. The summed E-state index contributed by atoms with van der Waals surface area (Å²) in [5.41, 5.74) is 14.6. The first-order valence-electron chi connectivity index (χ1n) is 8.28. The fourth-order valence-electron chi connectivity index (χ4n) is 2.93. The third-order valence-electron chi connectivity index (χ3n) is 4.03. The van der Waals surface area contributed by atoms with E-state index in [1.165, 1.54) is 6.92 Å². The Hall–Kier alpha value is -3.74. The van der Waals surface area contributed by atoms with Crippen molar-refractivity contribution in [3.63, 3.8) is 0 Å². The van der Waals surface area contributed by atoms with Crippen LogP contribution in [0.2, 0.25) is 0 Å². The maximum Gasteiger partial charge on any atom is 0.281 e. The summed E-state index contributed by atoms with van der Waals surface area (Å²) in [5.74, 6) is -1.19. The number of hydrogen-bond acceptors (Lipinski definition) is 3. The Labute approximate surface area is 156 Å². The summed E-state index contributed by atoms with van der Waals surface area (Å²) in [7, 11) is 0. The maximum atomic E-state index is 12.7. The zero-order chi connectivity index (χ0) is 19.6. The first-order chi connectivity index (χ1) is 12.9. The number of carbonyl (C=O) groups excluding carboxylic acids is 2. The average Bonchev–Trinajstić information content (AvgIpc) is 2.60. The van der Waals surface area contributed by atoms with Crippen molar-refractivity contribution < 1.29 is 9.59 Å². The number of anilines is 1. The highest BCUT2D eigenvalue weighted by atomic mass is 16.2. The Bertz CT molecular complexity index is 1080. The van der Waals surface area contributed by atoms with Crippen LogP contribution in [0.3, 0.4) is 0 Å². The Kier molecular flexibility index (Phi) is 4.85. The van der Waals surface area contributed by atoms with Crippen LogP contribution in [0, 0.1) is 6.92 Å². The Morgan fingerprint density at radius 1 is 1.07 bits per heavy atom. The molecule has 0 aliphatic carbocycles. The number of rotatable bonds is 3. The predicted molar refractivity (Wildman–Crippen MR) is 106 cm³/mol. The second kappa shape index (κ2) is 7.25. The Morgan fingerprint density at radius 2 is 1.81 bits per heavy atom. The van der Waals surface area contributed by atoms with Crippen LogP contribution in [0.5, 0.6) is 0 Å². The van der Waals surface area contributed by atoms with Crippen LogP contribution < -0.4 is 16.8 Å². The molecule has 0 atom stereocenters. The number of aliphatic imine (C=N–C) groups is 1. The smallest absolute Gasteiger partial charge is 0.281 e. The van der Waals surface area contributed by atoms with Gasteiger partial charge in [0.1, 0.15) is 0 Å². The van der Waals surface area contributed by atoms with Crippen molar-refractivity contribution in [2.24, 2.45) is 16.5 Å². The molecule has 1 aromatic heterocycles. The van der Waals surface area contributed by atoms with Crippen LogP contribution in [0.25, 0.3) is 22.2 Å². The van der Waals surface area contributed by atoms with E-state index in [0.29, 0.717) is 22.3 Å². The van der Waals surface area contributed by atoms with Gasteiger partial charge in [0.05, 0.1) is 22.5 Å². The molecule has 0 spiro atoms. The topological polar surface area (TPSA) is 123 Å². The van der Waals surface area contributed by atoms with Gasteiger partial charge in [0.25, 0.3) is 5.91 Å². The third-order valence-corrected chi connectivity index (χ3v) is 4.03. The molecule has 2 amide bonds. The quantitative estimate of drug-likeness (QED) is 0.489. The van der Waals surface area contributed by atoms with Crippen molar-refractivity contribution in [1.82, 2.24) is 4.98 Å². The second-order valence-corrected chi connectivity index (χ2v) is 6.09. The minimum atomic E-state index is -0.602. The number of nitrogens with two attached hydrogens (primary N) is 2. The summed E-state index contributed by atoms with van der Waals surface area (Å²) < 4.78 is 0. The number of hydrogen-bond donors (Lipinski definition) is 3. The minimum Gasteiger partial charge on any atom is -0.370 e. The molecule has 1 heterocycles. The highest BCUT2D eigenvalue weighted by molar-refractivity contribution is 6.15. The predicted octanol–water partition coefficient (Wildman–Crippen LogP) is 2.58. The van der Waals surface area contributed by atoms with Crippen LogP contribution in [0.1, 0.15) is 22.8 Å². The fraction of sp³-hybridized carbons (Fsp3) is 0.100. The van der Waals surface area contributed by atoms with E-state index in [2.05, 4.69) is 15.3 Å². The first kappa shape index (κ1) is 18.1. The number of nitrogens with one attached hydrogen (secondary N) is 1. The van der Waals surface area contributed by atoms with E-state index in [4.69, 9.17) is 11.5 Å². The van der Waals surface area contributed by atoms with Crippen molar-refractivity contribution in [3.8, 4) is 11.3 Å². The lowest BCUT2D eigenvalue weighted by atomic mass is 10.00. The highest BCUT2D eigenvalue weighted by Crippen LogP contribution is 2.31. The Balaban J connectivity index is 2.34. The summed E-state index contributed by atoms with van der Waals surface area (Å²) in [6, 6.07) is 14.6. The average molecular weight is 361 g/mol. The second-order valence-electron chi connectivity index (χ2n) is 6.09. The lowest BCUT2D eigenvalue weighted by Gasteiger charge is -2.13. The van der Waals surface area contributed by atoms with Crippen LogP contribution in [-0.4, -0.2) is 22.8 Å². The van der Waals surface area contributed by atoms with E-state index < -0.39 is 5.91 Å². The molecule has 0 fully saturated rings. The lowest BCUT2D eigenvalue weighted by Crippen LogP contribution is -2.24.